The second-order valence-electron chi connectivity index (χ2n) is 9.50. The Hall–Kier alpha value is -5.21. The average molecular weight is 545 g/mol. The number of aliphatic imine (C=N–C) groups is 1. The molecule has 0 fully saturated rings. The van der Waals surface area contributed by atoms with Crippen LogP contribution in [-0.4, -0.2) is 28.6 Å². The maximum atomic E-state index is 14.0. The zero-order chi connectivity index (χ0) is 27.3. The van der Waals surface area contributed by atoms with Gasteiger partial charge in [0.05, 0.1) is 0 Å². The van der Waals surface area contributed by atoms with Crippen LogP contribution in [0.25, 0.3) is 17.2 Å². The number of hydrogen-bond donors (Lipinski definition) is 3. The molecule has 0 radical (unpaired) electrons. The minimum absolute atomic E-state index is 0.0963. The third-order valence-corrected chi connectivity index (χ3v) is 7.40. The molecule has 0 saturated heterocycles. The standard InChI is InChI=1S/C31H21ClN6O2/c32-21-16-14-19(15-17-21)18-26-28(39)36-38(27(33-26)20-8-2-1-3-9-20)30-34-29(40)31(37-35-30)24-12-6-4-10-22(24)23-11-5-7-13-25(23)31/h1-18,37H,(H,36,39)(H,34,35,40)/b26-18-. The number of halogens is 1. The van der Waals surface area contributed by atoms with E-state index in [9.17, 15) is 9.59 Å². The number of hydrazone groups is 1. The normalized spacial score (nSPS) is 17.8. The minimum atomic E-state index is -1.21. The van der Waals surface area contributed by atoms with Crippen molar-refractivity contribution in [2.45, 2.75) is 5.54 Å². The highest BCUT2D eigenvalue weighted by atomic mass is 35.5. The van der Waals surface area contributed by atoms with Gasteiger partial charge in [-0.25, -0.2) is 4.99 Å². The molecule has 8 nitrogen and oxygen atoms in total. The molecule has 1 spiro atoms. The van der Waals surface area contributed by atoms with Crippen molar-refractivity contribution in [2.75, 3.05) is 0 Å². The molecule has 0 aromatic heterocycles. The van der Waals surface area contributed by atoms with E-state index >= 15 is 0 Å². The molecule has 2 heterocycles. The van der Waals surface area contributed by atoms with Crippen LogP contribution in [0.3, 0.4) is 0 Å². The third kappa shape index (κ3) is 3.69. The van der Waals surface area contributed by atoms with Crippen LogP contribution < -0.4 is 16.2 Å². The Morgan fingerprint density at radius 2 is 1.40 bits per heavy atom. The lowest BCUT2D eigenvalue weighted by atomic mass is 9.86. The predicted molar refractivity (Wildman–Crippen MR) is 154 cm³/mol. The summed E-state index contributed by atoms with van der Waals surface area (Å²) < 4.78 is 0. The number of carbonyl (C=O) groups is 2. The number of amidine groups is 1. The molecule has 2 amide bonds. The van der Waals surface area contributed by atoms with Gasteiger partial charge >= 0.3 is 0 Å². The van der Waals surface area contributed by atoms with Crippen LogP contribution in [0.1, 0.15) is 22.3 Å². The zero-order valence-electron chi connectivity index (χ0n) is 20.9. The Balaban J connectivity index is 1.31. The Labute approximate surface area is 234 Å². The molecule has 0 unspecified atom stereocenters. The fourth-order valence-electron chi connectivity index (χ4n) is 5.29. The first-order chi connectivity index (χ1) is 19.5. The van der Waals surface area contributed by atoms with E-state index in [2.05, 4.69) is 21.3 Å². The van der Waals surface area contributed by atoms with Gasteiger partial charge in [0.25, 0.3) is 11.8 Å². The van der Waals surface area contributed by atoms with Crippen LogP contribution in [0.15, 0.2) is 119 Å². The van der Waals surface area contributed by atoms with Crippen LogP contribution in [-0.2, 0) is 15.1 Å². The summed E-state index contributed by atoms with van der Waals surface area (Å²) in [5, 5.41) is 9.52. The molecule has 0 saturated carbocycles. The predicted octanol–water partition coefficient (Wildman–Crippen LogP) is 4.39. The van der Waals surface area contributed by atoms with Gasteiger partial charge in [0, 0.05) is 21.7 Å². The summed E-state index contributed by atoms with van der Waals surface area (Å²) in [4.78, 5) is 31.9. The molecule has 4 aromatic rings. The number of hydrazine groups is 1. The Morgan fingerprint density at radius 1 is 0.775 bits per heavy atom. The fourth-order valence-corrected chi connectivity index (χ4v) is 5.42. The van der Waals surface area contributed by atoms with E-state index in [1.165, 1.54) is 5.01 Å². The maximum absolute atomic E-state index is 14.0. The van der Waals surface area contributed by atoms with Crippen LogP contribution >= 0.6 is 11.6 Å². The Bertz CT molecular complexity index is 1730. The van der Waals surface area contributed by atoms with Crippen LogP contribution in [0.5, 0.6) is 0 Å². The monoisotopic (exact) mass is 544 g/mol. The van der Waals surface area contributed by atoms with Gasteiger partial charge in [-0.15, -0.1) is 5.10 Å². The first kappa shape index (κ1) is 23.9. The van der Waals surface area contributed by atoms with Crippen LogP contribution in [0.2, 0.25) is 5.02 Å². The van der Waals surface area contributed by atoms with Gasteiger partial charge in [-0.2, -0.15) is 5.01 Å². The van der Waals surface area contributed by atoms with Crippen molar-refractivity contribution in [2.24, 2.45) is 10.1 Å². The number of amides is 2. The third-order valence-electron chi connectivity index (χ3n) is 7.15. The molecular weight excluding hydrogens is 524 g/mol. The number of fused-ring (bicyclic) bond motifs is 5. The number of carbonyl (C=O) groups excluding carboxylic acids is 2. The second-order valence-corrected chi connectivity index (χ2v) is 9.94. The van der Waals surface area contributed by atoms with Crippen molar-refractivity contribution in [3.05, 3.63) is 136 Å². The molecule has 194 valence electrons. The average Bonchev–Trinajstić information content (AvgIpc) is 3.27. The Kier molecular flexibility index (Phi) is 5.50. The van der Waals surface area contributed by atoms with Gasteiger partial charge in [-0.05, 0) is 34.9 Å². The zero-order valence-corrected chi connectivity index (χ0v) is 21.7. The summed E-state index contributed by atoms with van der Waals surface area (Å²) >= 11 is 6.02. The number of guanidine groups is 1. The molecular formula is C31H21ClN6O2. The van der Waals surface area contributed by atoms with E-state index in [4.69, 9.17) is 16.6 Å². The Morgan fingerprint density at radius 3 is 2.05 bits per heavy atom. The minimum Gasteiger partial charge on any atom is -0.291 e. The first-order valence-corrected chi connectivity index (χ1v) is 13.0. The molecule has 1 aliphatic carbocycles. The molecule has 40 heavy (non-hydrogen) atoms. The highest BCUT2D eigenvalue weighted by Gasteiger charge is 2.52. The molecule has 9 heteroatoms. The van der Waals surface area contributed by atoms with Crippen molar-refractivity contribution in [1.82, 2.24) is 21.2 Å². The molecule has 4 aromatic carbocycles. The topological polar surface area (TPSA) is 98.2 Å². The van der Waals surface area contributed by atoms with E-state index < -0.39 is 11.4 Å². The lowest BCUT2D eigenvalue weighted by Crippen LogP contribution is -2.65. The quantitative estimate of drug-likeness (QED) is 0.326. The van der Waals surface area contributed by atoms with Crippen molar-refractivity contribution in [1.29, 1.82) is 0 Å². The molecule has 0 atom stereocenters. The van der Waals surface area contributed by atoms with Gasteiger partial charge < -0.3 is 0 Å². The van der Waals surface area contributed by atoms with Gasteiger partial charge in [-0.3, -0.25) is 25.8 Å². The number of rotatable bonds is 2. The molecule has 0 bridgehead atoms. The molecule has 2 aliphatic heterocycles. The van der Waals surface area contributed by atoms with Crippen molar-refractivity contribution >= 4 is 41.3 Å². The van der Waals surface area contributed by atoms with Crippen LogP contribution in [0.4, 0.5) is 0 Å². The van der Waals surface area contributed by atoms with Gasteiger partial charge in [0.2, 0.25) is 5.96 Å². The van der Waals surface area contributed by atoms with E-state index in [-0.39, 0.29) is 17.6 Å². The summed E-state index contributed by atoms with van der Waals surface area (Å²) in [6, 6.07) is 32.0. The molecule has 7 rings (SSSR count). The van der Waals surface area contributed by atoms with E-state index in [1.807, 2.05) is 78.9 Å². The highest BCUT2D eigenvalue weighted by molar-refractivity contribution is 6.30. The van der Waals surface area contributed by atoms with E-state index in [0.717, 1.165) is 33.4 Å². The van der Waals surface area contributed by atoms with Gasteiger partial charge in [0.1, 0.15) is 5.70 Å². The number of nitrogens with zero attached hydrogens (tertiary/aromatic N) is 3. The SMILES string of the molecule is O=C1NN(C2=NNC3(C(=O)N2)c2ccccc2-c2ccccc23)C(c2ccccc2)=N/C1=C\c1ccc(Cl)cc1. The van der Waals surface area contributed by atoms with E-state index in [1.54, 1.807) is 30.3 Å². The lowest BCUT2D eigenvalue weighted by Gasteiger charge is -2.38. The number of nitrogens with one attached hydrogen (secondary N) is 3. The largest absolute Gasteiger partial charge is 0.291 e. The maximum Gasteiger partial charge on any atom is 0.288 e. The smallest absolute Gasteiger partial charge is 0.288 e. The van der Waals surface area contributed by atoms with Gasteiger partial charge in [-0.1, -0.05) is 103 Å². The van der Waals surface area contributed by atoms with Crippen LogP contribution in [0, 0.1) is 0 Å². The summed E-state index contributed by atoms with van der Waals surface area (Å²) in [6.45, 7) is 0. The molecule has 3 N–H and O–H groups in total. The summed E-state index contributed by atoms with van der Waals surface area (Å²) in [6.07, 6.45) is 1.67. The highest BCUT2D eigenvalue weighted by Crippen LogP contribution is 2.48. The number of hydrogen-bond acceptors (Lipinski definition) is 6. The number of benzene rings is 4. The fraction of sp³-hybridized carbons (Fsp3) is 0.0323. The van der Waals surface area contributed by atoms with E-state index in [0.29, 0.717) is 10.9 Å². The summed E-state index contributed by atoms with van der Waals surface area (Å²) in [7, 11) is 0. The lowest BCUT2D eigenvalue weighted by molar-refractivity contribution is -0.126. The van der Waals surface area contributed by atoms with Crippen molar-refractivity contribution in [3.8, 4) is 11.1 Å². The van der Waals surface area contributed by atoms with Gasteiger partial charge in [0.15, 0.2) is 11.4 Å². The van der Waals surface area contributed by atoms with Crippen molar-refractivity contribution < 1.29 is 9.59 Å². The van der Waals surface area contributed by atoms with Crippen molar-refractivity contribution in [3.63, 3.8) is 0 Å². The summed E-state index contributed by atoms with van der Waals surface area (Å²) in [5.41, 5.74) is 10.0. The molecule has 3 aliphatic rings. The second kappa shape index (κ2) is 9.21. The first-order valence-electron chi connectivity index (χ1n) is 12.6. The summed E-state index contributed by atoms with van der Waals surface area (Å²) in [5.74, 6) is -0.286.